The number of hydrogen-bond acceptors (Lipinski definition) is 4. The average molecular weight is 382 g/mol. The van der Waals surface area contributed by atoms with Gasteiger partial charge < -0.3 is 15.1 Å². The molecular weight excluding hydrogens is 359 g/mol. The molecule has 1 aliphatic heterocycles. The molecule has 0 bridgehead atoms. The fourth-order valence-electron chi connectivity index (χ4n) is 3.68. The first-order valence-corrected chi connectivity index (χ1v) is 9.37. The number of carbonyl (C=O) groups is 1. The fourth-order valence-corrected chi connectivity index (χ4v) is 3.68. The Morgan fingerprint density at radius 1 is 1.18 bits per heavy atom. The van der Waals surface area contributed by atoms with Crippen LogP contribution in [0.5, 0.6) is 0 Å². The van der Waals surface area contributed by atoms with E-state index in [0.717, 1.165) is 17.0 Å². The minimum Gasteiger partial charge on any atom is -0.366 e. The number of aromatic nitrogens is 3. The van der Waals surface area contributed by atoms with Crippen LogP contribution in [0.1, 0.15) is 24.4 Å². The van der Waals surface area contributed by atoms with Crippen LogP contribution in [0.2, 0.25) is 0 Å². The third kappa shape index (κ3) is 3.37. The van der Waals surface area contributed by atoms with E-state index in [1.54, 1.807) is 17.2 Å². The Labute approximate surface area is 162 Å². The Bertz CT molecular complexity index is 995. The minimum atomic E-state index is -0.335. The van der Waals surface area contributed by atoms with Gasteiger partial charge in [0.1, 0.15) is 5.65 Å². The van der Waals surface area contributed by atoms with Gasteiger partial charge >= 0.3 is 6.03 Å². The molecule has 3 aromatic heterocycles. The third-order valence-electron chi connectivity index (χ3n) is 5.18. The van der Waals surface area contributed by atoms with Gasteiger partial charge in [0, 0.05) is 50.0 Å². The lowest BCUT2D eigenvalue weighted by atomic mass is 10.2. The van der Waals surface area contributed by atoms with Crippen molar-refractivity contribution in [1.29, 1.82) is 0 Å². The first kappa shape index (κ1) is 18.2. The normalized spacial score (nSPS) is 15.7. The molecule has 28 heavy (non-hydrogen) atoms. The summed E-state index contributed by atoms with van der Waals surface area (Å²) >= 11 is 0. The number of nitrogens with one attached hydrogen (secondary N) is 1. The summed E-state index contributed by atoms with van der Waals surface area (Å²) in [7, 11) is 0. The molecule has 0 aliphatic carbocycles. The van der Waals surface area contributed by atoms with Gasteiger partial charge in [-0.05, 0) is 32.0 Å². The van der Waals surface area contributed by atoms with Gasteiger partial charge in [0.15, 0.2) is 5.82 Å². The van der Waals surface area contributed by atoms with Crippen molar-refractivity contribution in [3.8, 4) is 0 Å². The molecule has 0 aromatic carbocycles. The third-order valence-corrected chi connectivity index (χ3v) is 5.18. The summed E-state index contributed by atoms with van der Waals surface area (Å²) in [6.45, 7) is 6.20. The maximum Gasteiger partial charge on any atom is 0.318 e. The van der Waals surface area contributed by atoms with E-state index in [2.05, 4.69) is 19.7 Å². The van der Waals surface area contributed by atoms with Gasteiger partial charge in [-0.15, -0.1) is 0 Å². The molecule has 1 atom stereocenters. The standard InChI is InChI=1S/C20H23FN6O/c1-14-12-23-19-5-3-4-17(27(14)19)15(2)24-20(28)26-10-8-25(9-11-26)18-6-7-22-13-16(18)21/h3-7,12-13,15H,8-11H2,1-2H3,(H,24,28)/t15-/m1/s1. The van der Waals surface area contributed by atoms with Crippen molar-refractivity contribution in [2.24, 2.45) is 0 Å². The Hall–Kier alpha value is -3.16. The molecule has 2 amide bonds. The maximum absolute atomic E-state index is 13.9. The molecule has 4 rings (SSSR count). The van der Waals surface area contributed by atoms with Crippen LogP contribution in [-0.2, 0) is 0 Å². The zero-order valence-corrected chi connectivity index (χ0v) is 16.0. The highest BCUT2D eigenvalue weighted by Gasteiger charge is 2.24. The topological polar surface area (TPSA) is 65.8 Å². The number of imidazole rings is 1. The lowest BCUT2D eigenvalue weighted by Crippen LogP contribution is -2.52. The number of carbonyl (C=O) groups excluding carboxylic acids is 1. The molecule has 3 aromatic rings. The lowest BCUT2D eigenvalue weighted by molar-refractivity contribution is 0.190. The van der Waals surface area contributed by atoms with Crippen molar-refractivity contribution < 1.29 is 9.18 Å². The van der Waals surface area contributed by atoms with E-state index in [-0.39, 0.29) is 17.9 Å². The number of nitrogens with zero attached hydrogens (tertiary/aromatic N) is 5. The second-order valence-electron chi connectivity index (χ2n) is 7.02. The van der Waals surface area contributed by atoms with Crippen LogP contribution in [-0.4, -0.2) is 51.5 Å². The Kier molecular flexibility index (Phi) is 4.85. The van der Waals surface area contributed by atoms with Crippen LogP contribution < -0.4 is 10.2 Å². The van der Waals surface area contributed by atoms with E-state index in [1.165, 1.54) is 6.20 Å². The van der Waals surface area contributed by atoms with E-state index in [1.807, 2.05) is 43.1 Å². The van der Waals surface area contributed by atoms with E-state index in [9.17, 15) is 9.18 Å². The molecule has 1 N–H and O–H groups in total. The van der Waals surface area contributed by atoms with Gasteiger partial charge in [0.05, 0.1) is 17.9 Å². The first-order valence-electron chi connectivity index (χ1n) is 9.37. The zero-order chi connectivity index (χ0) is 19.7. The number of urea groups is 1. The highest BCUT2D eigenvalue weighted by atomic mass is 19.1. The predicted octanol–water partition coefficient (Wildman–Crippen LogP) is 2.77. The molecule has 4 heterocycles. The van der Waals surface area contributed by atoms with Gasteiger partial charge in [0.2, 0.25) is 0 Å². The molecule has 1 fully saturated rings. The lowest BCUT2D eigenvalue weighted by Gasteiger charge is -2.36. The highest BCUT2D eigenvalue weighted by molar-refractivity contribution is 5.75. The fraction of sp³-hybridized carbons (Fsp3) is 0.350. The summed E-state index contributed by atoms with van der Waals surface area (Å²) in [5, 5.41) is 3.08. The van der Waals surface area contributed by atoms with Crippen molar-refractivity contribution in [1.82, 2.24) is 24.6 Å². The molecule has 8 heteroatoms. The maximum atomic E-state index is 13.9. The van der Waals surface area contributed by atoms with Crippen LogP contribution in [0.15, 0.2) is 42.9 Å². The summed E-state index contributed by atoms with van der Waals surface area (Å²) in [5.74, 6) is -0.335. The van der Waals surface area contributed by atoms with Crippen LogP contribution >= 0.6 is 0 Å². The Morgan fingerprint density at radius 2 is 1.96 bits per heavy atom. The number of fused-ring (bicyclic) bond motifs is 1. The molecule has 0 radical (unpaired) electrons. The number of anilines is 1. The first-order chi connectivity index (χ1) is 13.5. The monoisotopic (exact) mass is 382 g/mol. The van der Waals surface area contributed by atoms with Gasteiger partial charge in [0.25, 0.3) is 0 Å². The van der Waals surface area contributed by atoms with Gasteiger partial charge in [-0.25, -0.2) is 14.2 Å². The molecule has 1 saturated heterocycles. The number of amides is 2. The van der Waals surface area contributed by atoms with Crippen molar-refractivity contribution in [2.75, 3.05) is 31.1 Å². The number of aryl methyl sites for hydroxylation is 1. The van der Waals surface area contributed by atoms with Crippen LogP contribution in [0.3, 0.4) is 0 Å². The number of halogens is 1. The van der Waals surface area contributed by atoms with Gasteiger partial charge in [-0.3, -0.25) is 9.38 Å². The van der Waals surface area contributed by atoms with Gasteiger partial charge in [-0.2, -0.15) is 0 Å². The number of pyridine rings is 2. The summed E-state index contributed by atoms with van der Waals surface area (Å²) in [5.41, 5.74) is 3.41. The molecule has 0 unspecified atom stereocenters. The largest absolute Gasteiger partial charge is 0.366 e. The zero-order valence-electron chi connectivity index (χ0n) is 16.0. The van der Waals surface area contributed by atoms with E-state index in [0.29, 0.717) is 31.9 Å². The average Bonchev–Trinajstić information content (AvgIpc) is 3.09. The summed E-state index contributed by atoms with van der Waals surface area (Å²) in [6.07, 6.45) is 4.62. The molecular formula is C20H23FN6O. The molecule has 1 aliphatic rings. The van der Waals surface area contributed by atoms with Gasteiger partial charge in [-0.1, -0.05) is 6.07 Å². The number of piperazine rings is 1. The van der Waals surface area contributed by atoms with Crippen molar-refractivity contribution in [3.63, 3.8) is 0 Å². The Balaban J connectivity index is 1.41. The van der Waals surface area contributed by atoms with Crippen molar-refractivity contribution in [2.45, 2.75) is 19.9 Å². The second-order valence-corrected chi connectivity index (χ2v) is 7.02. The molecule has 0 spiro atoms. The summed E-state index contributed by atoms with van der Waals surface area (Å²) in [6, 6.07) is 7.28. The quantitative estimate of drug-likeness (QED) is 0.757. The van der Waals surface area contributed by atoms with Crippen LogP contribution in [0.4, 0.5) is 14.9 Å². The van der Waals surface area contributed by atoms with E-state index >= 15 is 0 Å². The van der Waals surface area contributed by atoms with E-state index in [4.69, 9.17) is 0 Å². The summed E-state index contributed by atoms with van der Waals surface area (Å²) < 4.78 is 16.0. The smallest absolute Gasteiger partial charge is 0.318 e. The predicted molar refractivity (Wildman–Crippen MR) is 105 cm³/mol. The SMILES string of the molecule is Cc1cnc2cccc([C@@H](C)NC(=O)N3CCN(c4ccncc4F)CC3)n12. The van der Waals surface area contributed by atoms with Crippen molar-refractivity contribution >= 4 is 17.4 Å². The number of rotatable bonds is 3. The number of hydrogen-bond donors (Lipinski definition) is 1. The molecule has 7 nitrogen and oxygen atoms in total. The summed E-state index contributed by atoms with van der Waals surface area (Å²) in [4.78, 5) is 24.6. The second kappa shape index (κ2) is 7.46. The molecule has 0 saturated carbocycles. The van der Waals surface area contributed by atoms with E-state index < -0.39 is 0 Å². The molecule has 146 valence electrons. The van der Waals surface area contributed by atoms with Crippen LogP contribution in [0, 0.1) is 12.7 Å². The Morgan fingerprint density at radius 3 is 2.71 bits per heavy atom. The highest BCUT2D eigenvalue weighted by Crippen LogP contribution is 2.20. The minimum absolute atomic E-state index is 0.114. The van der Waals surface area contributed by atoms with Crippen molar-refractivity contribution in [3.05, 3.63) is 60.1 Å². The van der Waals surface area contributed by atoms with Crippen LogP contribution in [0.25, 0.3) is 5.65 Å².